The predicted molar refractivity (Wildman–Crippen MR) is 61.2 cm³/mol. The van der Waals surface area contributed by atoms with Gasteiger partial charge in [0.2, 0.25) is 0 Å². The third-order valence-corrected chi connectivity index (χ3v) is 2.67. The van der Waals surface area contributed by atoms with E-state index in [2.05, 4.69) is 15.3 Å². The summed E-state index contributed by atoms with van der Waals surface area (Å²) in [4.78, 5) is 21.8. The molecule has 1 aromatic heterocycles. The maximum atomic E-state index is 11.7. The molecular formula is C11H16N4O. The van der Waals surface area contributed by atoms with E-state index in [1.807, 2.05) is 11.8 Å². The highest BCUT2D eigenvalue weighted by Gasteiger charge is 2.17. The molecule has 0 atom stereocenters. The first kappa shape index (κ1) is 10.9. The summed E-state index contributed by atoms with van der Waals surface area (Å²) in [7, 11) is 0. The Labute approximate surface area is 94.9 Å². The number of hydrogen-bond acceptors (Lipinski definition) is 3. The highest BCUT2D eigenvalue weighted by atomic mass is 16.2. The quantitative estimate of drug-likeness (QED) is 0.824. The maximum absolute atomic E-state index is 11.7. The van der Waals surface area contributed by atoms with Gasteiger partial charge >= 0.3 is 6.03 Å². The van der Waals surface area contributed by atoms with Crippen LogP contribution in [0.2, 0.25) is 0 Å². The summed E-state index contributed by atoms with van der Waals surface area (Å²) in [5.74, 6) is 0.791. The van der Waals surface area contributed by atoms with Crippen molar-refractivity contribution in [2.75, 3.05) is 18.4 Å². The van der Waals surface area contributed by atoms with E-state index in [-0.39, 0.29) is 6.03 Å². The monoisotopic (exact) mass is 220 g/mol. The lowest BCUT2D eigenvalue weighted by Gasteiger charge is -2.15. The number of urea groups is 1. The molecule has 0 aromatic carbocycles. The molecule has 5 heteroatoms. The number of nitrogens with zero attached hydrogens (tertiary/aromatic N) is 3. The molecule has 5 nitrogen and oxygen atoms in total. The largest absolute Gasteiger partial charge is 0.325 e. The molecule has 1 aliphatic heterocycles. The van der Waals surface area contributed by atoms with Crippen molar-refractivity contribution in [3.8, 4) is 0 Å². The molecule has 86 valence electrons. The number of rotatable bonds is 2. The Morgan fingerprint density at radius 2 is 2.00 bits per heavy atom. The lowest BCUT2D eigenvalue weighted by atomic mass is 10.4. The summed E-state index contributed by atoms with van der Waals surface area (Å²) in [5, 5.41) is 2.80. The summed E-state index contributed by atoms with van der Waals surface area (Å²) >= 11 is 0. The van der Waals surface area contributed by atoms with Crippen molar-refractivity contribution in [2.45, 2.75) is 26.2 Å². The van der Waals surface area contributed by atoms with E-state index >= 15 is 0 Å². The van der Waals surface area contributed by atoms with Crippen LogP contribution in [0.5, 0.6) is 0 Å². The average molecular weight is 220 g/mol. The summed E-state index contributed by atoms with van der Waals surface area (Å²) in [6, 6.07) is -0.0506. The molecule has 0 bridgehead atoms. The van der Waals surface area contributed by atoms with Crippen molar-refractivity contribution in [3.63, 3.8) is 0 Å². The van der Waals surface area contributed by atoms with Crippen molar-refractivity contribution in [1.29, 1.82) is 0 Å². The van der Waals surface area contributed by atoms with Crippen LogP contribution in [0.4, 0.5) is 10.5 Å². The van der Waals surface area contributed by atoms with Crippen molar-refractivity contribution in [3.05, 3.63) is 18.2 Å². The van der Waals surface area contributed by atoms with Crippen LogP contribution in [0.3, 0.4) is 0 Å². The van der Waals surface area contributed by atoms with Crippen LogP contribution in [0.1, 0.15) is 25.6 Å². The van der Waals surface area contributed by atoms with E-state index in [0.717, 1.165) is 38.2 Å². The van der Waals surface area contributed by atoms with Gasteiger partial charge in [0, 0.05) is 19.5 Å². The highest BCUT2D eigenvalue weighted by molar-refractivity contribution is 5.89. The first-order valence-corrected chi connectivity index (χ1v) is 5.66. The number of amides is 2. The Morgan fingerprint density at radius 3 is 2.56 bits per heavy atom. The van der Waals surface area contributed by atoms with E-state index in [4.69, 9.17) is 0 Å². The number of hydrogen-bond donors (Lipinski definition) is 1. The zero-order chi connectivity index (χ0) is 11.4. The summed E-state index contributed by atoms with van der Waals surface area (Å²) < 4.78 is 0. The van der Waals surface area contributed by atoms with Gasteiger partial charge in [0.15, 0.2) is 0 Å². The molecule has 2 heterocycles. The van der Waals surface area contributed by atoms with E-state index < -0.39 is 0 Å². The minimum Gasteiger partial charge on any atom is -0.325 e. The van der Waals surface area contributed by atoms with Crippen LogP contribution in [0.25, 0.3) is 0 Å². The molecular weight excluding hydrogens is 204 g/mol. The molecule has 1 aliphatic rings. The van der Waals surface area contributed by atoms with Gasteiger partial charge in [0.25, 0.3) is 0 Å². The van der Waals surface area contributed by atoms with E-state index in [9.17, 15) is 4.79 Å². The van der Waals surface area contributed by atoms with Gasteiger partial charge in [-0.25, -0.2) is 14.8 Å². The Kier molecular flexibility index (Phi) is 3.34. The topological polar surface area (TPSA) is 58.1 Å². The molecule has 2 amide bonds. The number of nitrogens with one attached hydrogen (secondary N) is 1. The lowest BCUT2D eigenvalue weighted by Crippen LogP contribution is -2.32. The van der Waals surface area contributed by atoms with Gasteiger partial charge in [-0.2, -0.15) is 0 Å². The zero-order valence-electron chi connectivity index (χ0n) is 9.44. The Bertz CT molecular complexity index is 357. The summed E-state index contributed by atoms with van der Waals surface area (Å²) in [6.07, 6.45) is 6.30. The second kappa shape index (κ2) is 4.92. The number of likely N-dealkylation sites (tertiary alicyclic amines) is 1. The molecule has 0 unspecified atom stereocenters. The smallest absolute Gasteiger partial charge is 0.321 e. The van der Waals surface area contributed by atoms with Crippen LogP contribution in [-0.2, 0) is 6.42 Å². The maximum Gasteiger partial charge on any atom is 0.321 e. The van der Waals surface area contributed by atoms with Crippen LogP contribution >= 0.6 is 0 Å². The molecule has 2 rings (SSSR count). The van der Waals surface area contributed by atoms with Crippen molar-refractivity contribution in [1.82, 2.24) is 14.9 Å². The van der Waals surface area contributed by atoms with Crippen molar-refractivity contribution >= 4 is 11.7 Å². The molecule has 0 saturated carbocycles. The average Bonchev–Trinajstić information content (AvgIpc) is 2.83. The Hall–Kier alpha value is -1.65. The third kappa shape index (κ3) is 2.48. The molecule has 1 saturated heterocycles. The van der Waals surface area contributed by atoms with Gasteiger partial charge in [0.1, 0.15) is 5.82 Å². The molecule has 1 fully saturated rings. The molecule has 1 aromatic rings. The van der Waals surface area contributed by atoms with Gasteiger partial charge in [-0.05, 0) is 12.8 Å². The van der Waals surface area contributed by atoms with Crippen molar-refractivity contribution < 1.29 is 4.79 Å². The fraction of sp³-hybridized carbons (Fsp3) is 0.545. The normalized spacial score (nSPS) is 15.2. The van der Waals surface area contributed by atoms with Crippen LogP contribution in [0, 0.1) is 0 Å². The number of carbonyl (C=O) groups is 1. The predicted octanol–water partition coefficient (Wildman–Crippen LogP) is 1.67. The highest BCUT2D eigenvalue weighted by Crippen LogP contribution is 2.10. The van der Waals surface area contributed by atoms with Crippen LogP contribution in [0.15, 0.2) is 12.4 Å². The van der Waals surface area contributed by atoms with Gasteiger partial charge in [-0.3, -0.25) is 0 Å². The van der Waals surface area contributed by atoms with Crippen molar-refractivity contribution in [2.24, 2.45) is 0 Å². The number of anilines is 1. The van der Waals surface area contributed by atoms with Gasteiger partial charge < -0.3 is 10.2 Å². The van der Waals surface area contributed by atoms with E-state index in [1.54, 1.807) is 12.4 Å². The zero-order valence-corrected chi connectivity index (χ0v) is 9.44. The van der Waals surface area contributed by atoms with Gasteiger partial charge in [-0.15, -0.1) is 0 Å². The third-order valence-electron chi connectivity index (χ3n) is 2.67. The van der Waals surface area contributed by atoms with Crippen LogP contribution < -0.4 is 5.32 Å². The van der Waals surface area contributed by atoms with E-state index in [1.165, 1.54) is 0 Å². The second-order valence-electron chi connectivity index (χ2n) is 3.87. The van der Waals surface area contributed by atoms with Gasteiger partial charge in [0.05, 0.1) is 18.1 Å². The van der Waals surface area contributed by atoms with Gasteiger partial charge in [-0.1, -0.05) is 6.92 Å². The molecule has 0 radical (unpaired) electrons. The summed E-state index contributed by atoms with van der Waals surface area (Å²) in [6.45, 7) is 3.69. The molecule has 1 N–H and O–H groups in total. The molecule has 0 spiro atoms. The minimum atomic E-state index is -0.0506. The first-order chi connectivity index (χ1) is 7.79. The Balaban J connectivity index is 1.94. The second-order valence-corrected chi connectivity index (χ2v) is 3.87. The first-order valence-electron chi connectivity index (χ1n) is 5.66. The lowest BCUT2D eigenvalue weighted by molar-refractivity contribution is 0.222. The summed E-state index contributed by atoms with van der Waals surface area (Å²) in [5.41, 5.74) is 0.661. The van der Waals surface area contributed by atoms with Crippen LogP contribution in [-0.4, -0.2) is 34.0 Å². The SMILES string of the molecule is CCc1ncc(NC(=O)N2CCCC2)cn1. The minimum absolute atomic E-state index is 0.0506. The number of aryl methyl sites for hydroxylation is 1. The fourth-order valence-electron chi connectivity index (χ4n) is 1.72. The molecule has 0 aliphatic carbocycles. The standard InChI is InChI=1S/C11H16N4O/c1-2-10-12-7-9(8-13-10)14-11(16)15-5-3-4-6-15/h7-8H,2-6H2,1H3,(H,14,16). The molecule has 16 heavy (non-hydrogen) atoms. The Morgan fingerprint density at radius 1 is 1.38 bits per heavy atom. The fourth-order valence-corrected chi connectivity index (χ4v) is 1.72. The number of aromatic nitrogens is 2. The van der Waals surface area contributed by atoms with E-state index in [0.29, 0.717) is 5.69 Å². The number of carbonyl (C=O) groups excluding carboxylic acids is 1.